The van der Waals surface area contributed by atoms with E-state index in [9.17, 15) is 8.42 Å². The van der Waals surface area contributed by atoms with Crippen LogP contribution in [-0.2, 0) is 14.3 Å². The lowest BCUT2D eigenvalue weighted by atomic mass is 9.78. The van der Waals surface area contributed by atoms with E-state index in [2.05, 4.69) is 0 Å². The Balaban J connectivity index is 1.78. The van der Waals surface area contributed by atoms with Gasteiger partial charge in [0.05, 0.1) is 12.4 Å². The van der Waals surface area contributed by atoms with Crippen molar-refractivity contribution in [2.45, 2.75) is 57.5 Å². The lowest BCUT2D eigenvalue weighted by Crippen LogP contribution is -2.26. The van der Waals surface area contributed by atoms with Crippen LogP contribution in [0.1, 0.15) is 51.4 Å². The van der Waals surface area contributed by atoms with Crippen molar-refractivity contribution >= 4 is 10.1 Å². The molecule has 0 aromatic carbocycles. The average molecular weight is 246 g/mol. The van der Waals surface area contributed by atoms with Crippen LogP contribution in [0.15, 0.2) is 0 Å². The summed E-state index contributed by atoms with van der Waals surface area (Å²) in [5, 5.41) is 0. The lowest BCUT2D eigenvalue weighted by molar-refractivity contribution is 0.117. The Bertz CT molecular complexity index is 309. The zero-order chi connectivity index (χ0) is 11.6. The highest BCUT2D eigenvalue weighted by Gasteiger charge is 2.30. The van der Waals surface area contributed by atoms with Crippen LogP contribution in [0.2, 0.25) is 0 Å². The van der Waals surface area contributed by atoms with Gasteiger partial charge in [0.25, 0.3) is 10.1 Å². The van der Waals surface area contributed by atoms with E-state index in [1.807, 2.05) is 0 Å². The topological polar surface area (TPSA) is 43.4 Å². The Morgan fingerprint density at radius 3 is 1.88 bits per heavy atom. The molecule has 2 rings (SSSR count). The van der Waals surface area contributed by atoms with E-state index >= 15 is 0 Å². The largest absolute Gasteiger partial charge is 0.267 e. The van der Waals surface area contributed by atoms with Gasteiger partial charge in [0.1, 0.15) is 0 Å². The molecule has 0 heterocycles. The van der Waals surface area contributed by atoms with Gasteiger partial charge in [-0.1, -0.05) is 25.7 Å². The smallest absolute Gasteiger partial charge is 0.264 e. The number of hydrogen-bond acceptors (Lipinski definition) is 3. The molecule has 0 aromatic heterocycles. The molecule has 2 aliphatic carbocycles. The lowest BCUT2D eigenvalue weighted by Gasteiger charge is -2.31. The van der Waals surface area contributed by atoms with Gasteiger partial charge in [0.2, 0.25) is 0 Å². The quantitative estimate of drug-likeness (QED) is 0.719. The molecule has 3 nitrogen and oxygen atoms in total. The summed E-state index contributed by atoms with van der Waals surface area (Å²) >= 11 is 0. The predicted octanol–water partition coefficient (Wildman–Crippen LogP) is 2.71. The third kappa shape index (κ3) is 3.45. The first kappa shape index (κ1) is 12.4. The molecule has 0 aliphatic heterocycles. The van der Waals surface area contributed by atoms with E-state index in [4.69, 9.17) is 4.18 Å². The molecule has 4 heteroatoms. The molecular formula is C12H22O3S. The summed E-state index contributed by atoms with van der Waals surface area (Å²) in [5.74, 6) is 1.75. The van der Waals surface area contributed by atoms with Crippen molar-refractivity contribution in [1.29, 1.82) is 0 Å². The fourth-order valence-corrected chi connectivity index (χ4v) is 4.02. The van der Waals surface area contributed by atoms with E-state index in [-0.39, 0.29) is 6.10 Å². The van der Waals surface area contributed by atoms with Crippen molar-refractivity contribution in [3.05, 3.63) is 0 Å². The Labute approximate surface area is 98.7 Å². The number of hydrogen-bond donors (Lipinski definition) is 0. The highest BCUT2D eigenvalue weighted by Crippen LogP contribution is 2.39. The second kappa shape index (κ2) is 5.05. The van der Waals surface area contributed by atoms with Gasteiger partial charge in [-0.05, 0) is 37.5 Å². The van der Waals surface area contributed by atoms with E-state index < -0.39 is 10.1 Å². The fraction of sp³-hybridized carbons (Fsp3) is 1.00. The van der Waals surface area contributed by atoms with Crippen LogP contribution in [0.5, 0.6) is 0 Å². The Morgan fingerprint density at radius 1 is 0.875 bits per heavy atom. The van der Waals surface area contributed by atoms with Crippen molar-refractivity contribution in [3.8, 4) is 0 Å². The Morgan fingerprint density at radius 2 is 1.38 bits per heavy atom. The fourth-order valence-electron chi connectivity index (χ4n) is 3.33. The van der Waals surface area contributed by atoms with E-state index in [1.165, 1.54) is 25.7 Å². The van der Waals surface area contributed by atoms with Gasteiger partial charge in [-0.25, -0.2) is 0 Å². The van der Waals surface area contributed by atoms with Crippen LogP contribution < -0.4 is 0 Å². The highest BCUT2D eigenvalue weighted by molar-refractivity contribution is 7.86. The first-order valence-electron chi connectivity index (χ1n) is 6.43. The van der Waals surface area contributed by atoms with Gasteiger partial charge in [0.15, 0.2) is 0 Å². The SMILES string of the molecule is CS(=O)(=O)OC1CCC(C2CCCC2)CC1. The van der Waals surface area contributed by atoms with Gasteiger partial charge in [0, 0.05) is 0 Å². The monoisotopic (exact) mass is 246 g/mol. The average Bonchev–Trinajstić information content (AvgIpc) is 2.69. The molecule has 94 valence electrons. The second-order valence-electron chi connectivity index (χ2n) is 5.38. The van der Waals surface area contributed by atoms with E-state index in [0.717, 1.165) is 43.8 Å². The molecule has 0 N–H and O–H groups in total. The van der Waals surface area contributed by atoms with Crippen LogP contribution >= 0.6 is 0 Å². The van der Waals surface area contributed by atoms with Crippen LogP contribution in [0, 0.1) is 11.8 Å². The Kier molecular flexibility index (Phi) is 3.90. The standard InChI is InChI=1S/C12H22O3S/c1-16(13,14)15-12-8-6-11(7-9-12)10-4-2-3-5-10/h10-12H,2-9H2,1H3. The summed E-state index contributed by atoms with van der Waals surface area (Å²) in [5.41, 5.74) is 0. The minimum absolute atomic E-state index is 0.0485. The van der Waals surface area contributed by atoms with Crippen molar-refractivity contribution in [1.82, 2.24) is 0 Å². The van der Waals surface area contributed by atoms with Crippen molar-refractivity contribution < 1.29 is 12.6 Å². The van der Waals surface area contributed by atoms with Gasteiger partial charge >= 0.3 is 0 Å². The maximum Gasteiger partial charge on any atom is 0.264 e. The minimum atomic E-state index is -3.26. The molecule has 0 spiro atoms. The van der Waals surface area contributed by atoms with Gasteiger partial charge in [-0.15, -0.1) is 0 Å². The third-order valence-corrected chi connectivity index (χ3v) is 4.72. The van der Waals surface area contributed by atoms with Gasteiger partial charge in [-0.2, -0.15) is 8.42 Å². The van der Waals surface area contributed by atoms with Gasteiger partial charge < -0.3 is 0 Å². The number of rotatable bonds is 3. The summed E-state index contributed by atoms with van der Waals surface area (Å²) in [6.45, 7) is 0. The molecule has 2 saturated carbocycles. The molecule has 0 unspecified atom stereocenters. The predicted molar refractivity (Wildman–Crippen MR) is 63.6 cm³/mol. The molecule has 0 radical (unpaired) electrons. The maximum absolute atomic E-state index is 11.0. The molecule has 2 aliphatic rings. The zero-order valence-electron chi connectivity index (χ0n) is 10.0. The van der Waals surface area contributed by atoms with Crippen LogP contribution in [0.4, 0.5) is 0 Å². The highest BCUT2D eigenvalue weighted by atomic mass is 32.2. The third-order valence-electron chi connectivity index (χ3n) is 4.10. The Hall–Kier alpha value is -0.0900. The molecule has 2 fully saturated rings. The molecule has 16 heavy (non-hydrogen) atoms. The summed E-state index contributed by atoms with van der Waals surface area (Å²) in [6.07, 6.45) is 10.8. The van der Waals surface area contributed by atoms with Crippen molar-refractivity contribution in [3.63, 3.8) is 0 Å². The zero-order valence-corrected chi connectivity index (χ0v) is 10.8. The molecule has 0 aromatic rings. The van der Waals surface area contributed by atoms with Crippen molar-refractivity contribution in [2.24, 2.45) is 11.8 Å². The second-order valence-corrected chi connectivity index (χ2v) is 6.98. The minimum Gasteiger partial charge on any atom is -0.267 e. The van der Waals surface area contributed by atoms with Crippen LogP contribution in [-0.4, -0.2) is 20.8 Å². The maximum atomic E-state index is 11.0. The molecule has 0 saturated heterocycles. The van der Waals surface area contributed by atoms with Gasteiger partial charge in [-0.3, -0.25) is 4.18 Å². The summed E-state index contributed by atoms with van der Waals surface area (Å²) < 4.78 is 27.1. The first-order chi connectivity index (χ1) is 7.54. The van der Waals surface area contributed by atoms with E-state index in [1.54, 1.807) is 0 Å². The first-order valence-corrected chi connectivity index (χ1v) is 8.24. The van der Waals surface area contributed by atoms with Crippen LogP contribution in [0.3, 0.4) is 0 Å². The van der Waals surface area contributed by atoms with Crippen LogP contribution in [0.25, 0.3) is 0 Å². The summed E-state index contributed by atoms with van der Waals surface area (Å²) in [4.78, 5) is 0. The molecule has 0 bridgehead atoms. The van der Waals surface area contributed by atoms with E-state index in [0.29, 0.717) is 0 Å². The normalized spacial score (nSPS) is 33.1. The molecular weight excluding hydrogens is 224 g/mol. The molecule has 0 amide bonds. The summed E-state index contributed by atoms with van der Waals surface area (Å²) in [7, 11) is -3.26. The van der Waals surface area contributed by atoms with Crippen molar-refractivity contribution in [2.75, 3.05) is 6.26 Å². The summed E-state index contributed by atoms with van der Waals surface area (Å²) in [6, 6.07) is 0. The molecule has 0 atom stereocenters.